The van der Waals surface area contributed by atoms with Gasteiger partial charge in [0, 0.05) is 28.6 Å². The summed E-state index contributed by atoms with van der Waals surface area (Å²) in [7, 11) is 0. The molecule has 1 aromatic heterocycles. The van der Waals surface area contributed by atoms with Crippen LogP contribution in [0, 0.1) is 0 Å². The second kappa shape index (κ2) is 6.23. The molecule has 0 aliphatic carbocycles. The number of nitrogens with zero attached hydrogens (tertiary/aromatic N) is 1. The quantitative estimate of drug-likeness (QED) is 0.858. The Morgan fingerprint density at radius 1 is 1.28 bits per heavy atom. The van der Waals surface area contributed by atoms with Crippen LogP contribution in [0.1, 0.15) is 24.1 Å². The number of benzene rings is 1. The van der Waals surface area contributed by atoms with Gasteiger partial charge in [-0.15, -0.1) is 11.8 Å². The Labute approximate surface area is 117 Å². The van der Waals surface area contributed by atoms with Gasteiger partial charge in [0.15, 0.2) is 0 Å². The molecule has 94 valence electrons. The topological polar surface area (TPSA) is 38.9 Å². The van der Waals surface area contributed by atoms with E-state index in [0.717, 1.165) is 21.4 Å². The molecule has 0 aliphatic rings. The molecule has 0 saturated heterocycles. The molecule has 2 aromatic rings. The maximum absolute atomic E-state index is 5.93. The number of rotatable bonds is 4. The monoisotopic (exact) mass is 278 g/mol. The van der Waals surface area contributed by atoms with Crippen molar-refractivity contribution in [1.82, 2.24) is 4.98 Å². The number of nitrogens with two attached hydrogens (primary N) is 1. The largest absolute Gasteiger partial charge is 0.324 e. The summed E-state index contributed by atoms with van der Waals surface area (Å²) in [5, 5.41) is 1.76. The predicted octanol–water partition coefficient (Wildman–Crippen LogP) is 4.05. The third-order valence-electron chi connectivity index (χ3n) is 2.58. The Balaban J connectivity index is 2.08. The van der Waals surface area contributed by atoms with Crippen LogP contribution < -0.4 is 5.73 Å². The fourth-order valence-electron chi connectivity index (χ4n) is 1.60. The highest BCUT2D eigenvalue weighted by Crippen LogP contribution is 2.27. The lowest BCUT2D eigenvalue weighted by molar-refractivity contribution is 0.779. The Morgan fingerprint density at radius 3 is 2.67 bits per heavy atom. The van der Waals surface area contributed by atoms with E-state index in [1.54, 1.807) is 18.0 Å². The molecule has 0 unspecified atom stereocenters. The van der Waals surface area contributed by atoms with Crippen LogP contribution >= 0.6 is 23.4 Å². The first-order chi connectivity index (χ1) is 8.66. The summed E-state index contributed by atoms with van der Waals surface area (Å²) >= 11 is 7.56. The van der Waals surface area contributed by atoms with Crippen molar-refractivity contribution in [3.05, 3.63) is 58.7 Å². The van der Waals surface area contributed by atoms with Crippen LogP contribution in [0.5, 0.6) is 0 Å². The van der Waals surface area contributed by atoms with Crippen molar-refractivity contribution in [2.24, 2.45) is 5.73 Å². The number of halogens is 1. The van der Waals surface area contributed by atoms with Crippen molar-refractivity contribution in [1.29, 1.82) is 0 Å². The second-order valence-corrected chi connectivity index (χ2v) is 5.50. The highest BCUT2D eigenvalue weighted by molar-refractivity contribution is 7.98. The maximum Gasteiger partial charge on any atom is 0.101 e. The molecule has 0 radical (unpaired) electrons. The molecule has 18 heavy (non-hydrogen) atoms. The molecule has 0 spiro atoms. The zero-order valence-corrected chi connectivity index (χ0v) is 11.7. The highest BCUT2D eigenvalue weighted by atomic mass is 35.5. The molecule has 1 aromatic carbocycles. The Hall–Kier alpha value is -1.03. The first-order valence-electron chi connectivity index (χ1n) is 5.74. The van der Waals surface area contributed by atoms with E-state index in [0.29, 0.717) is 0 Å². The molecule has 4 heteroatoms. The number of hydrogen-bond acceptors (Lipinski definition) is 3. The molecular weight excluding hydrogens is 264 g/mol. The van der Waals surface area contributed by atoms with E-state index in [1.165, 1.54) is 5.56 Å². The standard InChI is InChI=1S/C14H15ClN2S/c1-10(16)13-3-2-8-17-14(13)18-9-11-4-6-12(15)7-5-11/h2-8,10H,9,16H2,1H3/t10-/m1/s1. The highest BCUT2D eigenvalue weighted by Gasteiger charge is 2.08. The summed E-state index contributed by atoms with van der Waals surface area (Å²) in [5.74, 6) is 0.869. The Kier molecular flexibility index (Phi) is 4.64. The minimum Gasteiger partial charge on any atom is -0.324 e. The normalized spacial score (nSPS) is 12.4. The summed E-state index contributed by atoms with van der Waals surface area (Å²) < 4.78 is 0. The van der Waals surface area contributed by atoms with Crippen molar-refractivity contribution in [3.8, 4) is 0 Å². The molecule has 0 fully saturated rings. The fourth-order valence-corrected chi connectivity index (χ4v) is 2.78. The smallest absolute Gasteiger partial charge is 0.101 e. The zero-order valence-electron chi connectivity index (χ0n) is 10.1. The zero-order chi connectivity index (χ0) is 13.0. The van der Waals surface area contributed by atoms with E-state index in [4.69, 9.17) is 17.3 Å². The van der Waals surface area contributed by atoms with Gasteiger partial charge < -0.3 is 5.73 Å². The lowest BCUT2D eigenvalue weighted by Crippen LogP contribution is -2.07. The van der Waals surface area contributed by atoms with Crippen LogP contribution in [0.2, 0.25) is 5.02 Å². The Bertz CT molecular complexity index is 511. The molecule has 0 aliphatic heterocycles. The molecule has 0 saturated carbocycles. The molecule has 2 nitrogen and oxygen atoms in total. The lowest BCUT2D eigenvalue weighted by atomic mass is 10.2. The van der Waals surface area contributed by atoms with Gasteiger partial charge in [-0.25, -0.2) is 4.98 Å². The molecular formula is C14H15ClN2S. The molecule has 2 rings (SSSR count). The molecule has 0 bridgehead atoms. The van der Waals surface area contributed by atoms with Crippen LogP contribution in [-0.4, -0.2) is 4.98 Å². The summed E-state index contributed by atoms with van der Waals surface area (Å²) in [6, 6.07) is 11.8. The van der Waals surface area contributed by atoms with E-state index in [-0.39, 0.29) is 6.04 Å². The van der Waals surface area contributed by atoms with Gasteiger partial charge in [-0.05, 0) is 30.7 Å². The minimum absolute atomic E-state index is 0.00594. The maximum atomic E-state index is 5.93. The van der Waals surface area contributed by atoms with Crippen molar-refractivity contribution < 1.29 is 0 Å². The van der Waals surface area contributed by atoms with E-state index in [2.05, 4.69) is 4.98 Å². The fraction of sp³-hybridized carbons (Fsp3) is 0.214. The van der Waals surface area contributed by atoms with Crippen LogP contribution in [0.4, 0.5) is 0 Å². The summed E-state index contributed by atoms with van der Waals surface area (Å²) in [4.78, 5) is 4.39. The van der Waals surface area contributed by atoms with Gasteiger partial charge >= 0.3 is 0 Å². The summed E-state index contributed by atoms with van der Waals surface area (Å²) in [5.41, 5.74) is 8.25. The van der Waals surface area contributed by atoms with E-state index < -0.39 is 0 Å². The van der Waals surface area contributed by atoms with Crippen LogP contribution in [-0.2, 0) is 5.75 Å². The molecule has 2 N–H and O–H groups in total. The molecule has 1 heterocycles. The van der Waals surface area contributed by atoms with Crippen molar-refractivity contribution in [2.45, 2.75) is 23.7 Å². The number of pyridine rings is 1. The summed E-state index contributed by atoms with van der Waals surface area (Å²) in [6.07, 6.45) is 1.80. The van der Waals surface area contributed by atoms with Gasteiger partial charge in [0.25, 0.3) is 0 Å². The average Bonchev–Trinajstić information content (AvgIpc) is 2.38. The van der Waals surface area contributed by atoms with E-state index in [1.807, 2.05) is 43.3 Å². The lowest BCUT2D eigenvalue weighted by Gasteiger charge is -2.10. The van der Waals surface area contributed by atoms with Crippen molar-refractivity contribution >= 4 is 23.4 Å². The molecule has 0 amide bonds. The van der Waals surface area contributed by atoms with E-state index in [9.17, 15) is 0 Å². The first kappa shape index (κ1) is 13.4. The molecule has 1 atom stereocenters. The Morgan fingerprint density at radius 2 is 2.00 bits per heavy atom. The first-order valence-corrected chi connectivity index (χ1v) is 7.11. The average molecular weight is 279 g/mol. The number of hydrogen-bond donors (Lipinski definition) is 1. The van der Waals surface area contributed by atoms with Gasteiger partial charge in [-0.3, -0.25) is 0 Å². The second-order valence-electron chi connectivity index (χ2n) is 4.10. The predicted molar refractivity (Wildman–Crippen MR) is 77.9 cm³/mol. The van der Waals surface area contributed by atoms with Gasteiger partial charge in [0.2, 0.25) is 0 Å². The van der Waals surface area contributed by atoms with Crippen molar-refractivity contribution in [2.75, 3.05) is 0 Å². The third kappa shape index (κ3) is 3.48. The third-order valence-corrected chi connectivity index (χ3v) is 3.92. The number of thioether (sulfide) groups is 1. The van der Waals surface area contributed by atoms with Crippen LogP contribution in [0.15, 0.2) is 47.6 Å². The number of aromatic nitrogens is 1. The van der Waals surface area contributed by atoms with Crippen LogP contribution in [0.25, 0.3) is 0 Å². The van der Waals surface area contributed by atoms with Crippen molar-refractivity contribution in [3.63, 3.8) is 0 Å². The van der Waals surface area contributed by atoms with Gasteiger partial charge in [-0.1, -0.05) is 29.8 Å². The van der Waals surface area contributed by atoms with Crippen LogP contribution in [0.3, 0.4) is 0 Å². The summed E-state index contributed by atoms with van der Waals surface area (Å²) in [6.45, 7) is 1.98. The SMILES string of the molecule is C[C@@H](N)c1cccnc1SCc1ccc(Cl)cc1. The van der Waals surface area contributed by atoms with Gasteiger partial charge in [-0.2, -0.15) is 0 Å². The van der Waals surface area contributed by atoms with Gasteiger partial charge in [0.1, 0.15) is 5.03 Å². The van der Waals surface area contributed by atoms with E-state index >= 15 is 0 Å². The van der Waals surface area contributed by atoms with Gasteiger partial charge in [0.05, 0.1) is 0 Å². The minimum atomic E-state index is 0.00594.